The maximum atomic E-state index is 4.21. The van der Waals surface area contributed by atoms with E-state index >= 15 is 0 Å². The first kappa shape index (κ1) is 21.7. The first-order valence-corrected chi connectivity index (χ1v) is 12.1. The molecule has 6 aromatic rings. The molecule has 0 aliphatic rings. The molecule has 0 atom stereocenters. The first-order valence-electron chi connectivity index (χ1n) is 12.1. The Bertz CT molecular complexity index is 1500. The number of benzene rings is 4. The number of hydrogen-bond donors (Lipinski definition) is 0. The van der Waals surface area contributed by atoms with Crippen molar-refractivity contribution in [2.24, 2.45) is 0 Å². The predicted octanol–water partition coefficient (Wildman–Crippen LogP) is 8.81. The minimum atomic E-state index is 1.16. The van der Waals surface area contributed by atoms with Crippen LogP contribution in [-0.2, 0) is 0 Å². The molecule has 0 aliphatic heterocycles. The van der Waals surface area contributed by atoms with Gasteiger partial charge in [0.2, 0.25) is 0 Å². The summed E-state index contributed by atoms with van der Waals surface area (Å²) in [5, 5.41) is 0. The Kier molecular flexibility index (Phi) is 5.91. The molecule has 0 saturated heterocycles. The summed E-state index contributed by atoms with van der Waals surface area (Å²) in [5.41, 5.74) is 12.0. The van der Waals surface area contributed by atoms with Crippen molar-refractivity contribution >= 4 is 0 Å². The second-order valence-electron chi connectivity index (χ2n) is 8.65. The number of pyridine rings is 2. The topological polar surface area (TPSA) is 25.8 Å². The first-order chi connectivity index (χ1) is 17.9. The van der Waals surface area contributed by atoms with Crippen molar-refractivity contribution in [1.82, 2.24) is 9.97 Å². The molecule has 0 aliphatic carbocycles. The highest BCUT2D eigenvalue weighted by atomic mass is 14.6. The fourth-order valence-corrected chi connectivity index (χ4v) is 4.91. The van der Waals surface area contributed by atoms with E-state index in [1.54, 1.807) is 0 Å². The van der Waals surface area contributed by atoms with Crippen LogP contribution in [0.5, 0.6) is 0 Å². The van der Waals surface area contributed by atoms with Crippen molar-refractivity contribution in [3.8, 4) is 55.6 Å². The second kappa shape index (κ2) is 9.81. The molecular formula is C34H24N2. The van der Waals surface area contributed by atoms with Gasteiger partial charge in [-0.25, -0.2) is 0 Å². The van der Waals surface area contributed by atoms with Gasteiger partial charge in [0.05, 0.1) is 0 Å². The number of aromatic nitrogens is 2. The van der Waals surface area contributed by atoms with Crippen LogP contribution in [0, 0.1) is 0 Å². The van der Waals surface area contributed by atoms with Crippen LogP contribution in [0.1, 0.15) is 0 Å². The van der Waals surface area contributed by atoms with E-state index in [1.165, 1.54) is 44.5 Å². The van der Waals surface area contributed by atoms with Crippen LogP contribution in [-0.4, -0.2) is 9.97 Å². The Labute approximate surface area is 211 Å². The molecule has 2 heterocycles. The van der Waals surface area contributed by atoms with Crippen molar-refractivity contribution in [1.29, 1.82) is 0 Å². The quantitative estimate of drug-likeness (QED) is 0.257. The van der Waals surface area contributed by atoms with Gasteiger partial charge in [-0.3, -0.25) is 9.97 Å². The summed E-state index contributed by atoms with van der Waals surface area (Å²) < 4.78 is 0. The highest BCUT2D eigenvalue weighted by molar-refractivity contribution is 5.98. The van der Waals surface area contributed by atoms with E-state index in [4.69, 9.17) is 0 Å². The van der Waals surface area contributed by atoms with E-state index in [2.05, 4.69) is 131 Å². The third-order valence-electron chi connectivity index (χ3n) is 6.56. The van der Waals surface area contributed by atoms with Crippen LogP contribution >= 0.6 is 0 Å². The van der Waals surface area contributed by atoms with Crippen LogP contribution in [0.3, 0.4) is 0 Å². The number of nitrogens with zero attached hydrogens (tertiary/aromatic N) is 2. The third kappa shape index (κ3) is 4.10. The summed E-state index contributed by atoms with van der Waals surface area (Å²) >= 11 is 0. The van der Waals surface area contributed by atoms with E-state index in [0.29, 0.717) is 0 Å². The van der Waals surface area contributed by atoms with Crippen LogP contribution in [0.25, 0.3) is 55.6 Å². The standard InChI is InChI=1S/C34H24N2/c1-3-11-29(27(9-1)25-17-21-35-22-18-25)31-13-5-7-15-33(31)34-16-8-6-14-32(34)30-12-4-2-10-28(30)26-19-23-36-24-20-26/h1-24H. The van der Waals surface area contributed by atoms with Gasteiger partial charge in [-0.1, -0.05) is 97.1 Å². The van der Waals surface area contributed by atoms with Crippen molar-refractivity contribution in [3.63, 3.8) is 0 Å². The normalized spacial score (nSPS) is 10.8. The van der Waals surface area contributed by atoms with Crippen LogP contribution < -0.4 is 0 Å². The SMILES string of the molecule is c1ccc(-c2ccccc2-c2ccccc2-c2ccccc2-c2ccncc2)c(-c2ccncc2)c1. The van der Waals surface area contributed by atoms with Gasteiger partial charge in [0.1, 0.15) is 0 Å². The lowest BCUT2D eigenvalue weighted by Gasteiger charge is -2.18. The molecule has 2 aromatic heterocycles. The molecule has 2 heteroatoms. The molecule has 0 unspecified atom stereocenters. The van der Waals surface area contributed by atoms with Crippen LogP contribution in [0.4, 0.5) is 0 Å². The smallest absolute Gasteiger partial charge is 0.0273 e. The maximum Gasteiger partial charge on any atom is 0.0273 e. The molecule has 0 saturated carbocycles. The zero-order valence-electron chi connectivity index (χ0n) is 19.8. The molecule has 170 valence electrons. The molecule has 0 spiro atoms. The minimum absolute atomic E-state index is 1.16. The Morgan fingerprint density at radius 2 is 0.472 bits per heavy atom. The van der Waals surface area contributed by atoms with Crippen molar-refractivity contribution < 1.29 is 0 Å². The van der Waals surface area contributed by atoms with Gasteiger partial charge in [-0.15, -0.1) is 0 Å². The Morgan fingerprint density at radius 3 is 0.750 bits per heavy atom. The van der Waals surface area contributed by atoms with E-state index in [1.807, 2.05) is 24.8 Å². The molecule has 2 nitrogen and oxygen atoms in total. The zero-order valence-corrected chi connectivity index (χ0v) is 19.8. The summed E-state index contributed by atoms with van der Waals surface area (Å²) in [4.78, 5) is 8.43. The molecule has 36 heavy (non-hydrogen) atoms. The molecule has 4 aromatic carbocycles. The largest absolute Gasteiger partial charge is 0.265 e. The Balaban J connectivity index is 1.56. The lowest BCUT2D eigenvalue weighted by atomic mass is 9.85. The van der Waals surface area contributed by atoms with E-state index < -0.39 is 0 Å². The summed E-state index contributed by atoms with van der Waals surface area (Å²) in [6.07, 6.45) is 7.40. The summed E-state index contributed by atoms with van der Waals surface area (Å²) in [6, 6.07) is 42.9. The fraction of sp³-hybridized carbons (Fsp3) is 0. The molecule has 0 amide bonds. The maximum absolute atomic E-state index is 4.21. The molecule has 6 rings (SSSR count). The lowest BCUT2D eigenvalue weighted by Crippen LogP contribution is -1.92. The Morgan fingerprint density at radius 1 is 0.250 bits per heavy atom. The van der Waals surface area contributed by atoms with E-state index in [9.17, 15) is 0 Å². The molecule has 0 bridgehead atoms. The molecule has 0 fully saturated rings. The van der Waals surface area contributed by atoms with Gasteiger partial charge >= 0.3 is 0 Å². The molecule has 0 N–H and O–H groups in total. The van der Waals surface area contributed by atoms with Gasteiger partial charge in [0.15, 0.2) is 0 Å². The highest BCUT2D eigenvalue weighted by Gasteiger charge is 2.16. The lowest BCUT2D eigenvalue weighted by molar-refractivity contribution is 1.33. The van der Waals surface area contributed by atoms with Crippen molar-refractivity contribution in [2.75, 3.05) is 0 Å². The van der Waals surface area contributed by atoms with Crippen molar-refractivity contribution in [2.45, 2.75) is 0 Å². The average Bonchev–Trinajstić information content (AvgIpc) is 2.98. The predicted molar refractivity (Wildman–Crippen MR) is 149 cm³/mol. The second-order valence-corrected chi connectivity index (χ2v) is 8.65. The third-order valence-corrected chi connectivity index (χ3v) is 6.56. The van der Waals surface area contributed by atoms with Gasteiger partial charge < -0.3 is 0 Å². The fourth-order valence-electron chi connectivity index (χ4n) is 4.91. The highest BCUT2D eigenvalue weighted by Crippen LogP contribution is 2.43. The van der Waals surface area contributed by atoms with E-state index in [0.717, 1.165) is 11.1 Å². The molecular weight excluding hydrogens is 436 g/mol. The van der Waals surface area contributed by atoms with E-state index in [-0.39, 0.29) is 0 Å². The summed E-state index contributed by atoms with van der Waals surface area (Å²) in [5.74, 6) is 0. The van der Waals surface area contributed by atoms with Gasteiger partial charge in [0, 0.05) is 24.8 Å². The van der Waals surface area contributed by atoms with Crippen molar-refractivity contribution in [3.05, 3.63) is 146 Å². The zero-order chi connectivity index (χ0) is 24.2. The number of hydrogen-bond acceptors (Lipinski definition) is 2. The summed E-state index contributed by atoms with van der Waals surface area (Å²) in [6.45, 7) is 0. The molecule has 0 radical (unpaired) electrons. The van der Waals surface area contributed by atoms with Crippen LogP contribution in [0.15, 0.2) is 146 Å². The van der Waals surface area contributed by atoms with Gasteiger partial charge in [-0.2, -0.15) is 0 Å². The summed E-state index contributed by atoms with van der Waals surface area (Å²) in [7, 11) is 0. The van der Waals surface area contributed by atoms with Crippen LogP contribution in [0.2, 0.25) is 0 Å². The monoisotopic (exact) mass is 460 g/mol. The average molecular weight is 461 g/mol. The minimum Gasteiger partial charge on any atom is -0.265 e. The number of rotatable bonds is 5. The Hall–Kier alpha value is -4.82. The van der Waals surface area contributed by atoms with Gasteiger partial charge in [-0.05, 0) is 79.9 Å². The van der Waals surface area contributed by atoms with Gasteiger partial charge in [0.25, 0.3) is 0 Å².